The second kappa shape index (κ2) is 5.46. The highest BCUT2D eigenvalue weighted by Crippen LogP contribution is 2.39. The highest BCUT2D eigenvalue weighted by atomic mass is 32.2. The average Bonchev–Trinajstić information content (AvgIpc) is 2.91. The molecule has 106 valence electrons. The molecule has 1 unspecified atom stereocenters. The van der Waals surface area contributed by atoms with Crippen molar-refractivity contribution in [2.24, 2.45) is 0 Å². The first-order valence-corrected chi connectivity index (χ1v) is 8.09. The Hall–Kier alpha value is -1.92. The molecule has 0 spiro atoms. The fourth-order valence-corrected chi connectivity index (χ4v) is 3.69. The van der Waals surface area contributed by atoms with Gasteiger partial charge in [-0.1, -0.05) is 30.3 Å². The van der Waals surface area contributed by atoms with Crippen molar-refractivity contribution >= 4 is 17.4 Å². The summed E-state index contributed by atoms with van der Waals surface area (Å²) in [5.41, 5.74) is 3.10. The molecule has 2 nitrogen and oxygen atoms in total. The first kappa shape index (κ1) is 14.0. The maximum atomic E-state index is 9.19. The molecule has 3 rings (SSSR count). The molecule has 1 aliphatic rings. The van der Waals surface area contributed by atoms with E-state index in [2.05, 4.69) is 47.8 Å². The van der Waals surface area contributed by atoms with Crippen molar-refractivity contribution in [3.8, 4) is 6.07 Å². The first-order valence-electron chi connectivity index (χ1n) is 7.10. The normalized spacial score (nSPS) is 17.1. The molecule has 1 N–H and O–H groups in total. The van der Waals surface area contributed by atoms with Gasteiger partial charge in [-0.25, -0.2) is 0 Å². The van der Waals surface area contributed by atoms with Crippen LogP contribution in [0.25, 0.3) is 0 Å². The van der Waals surface area contributed by atoms with Crippen LogP contribution in [0.4, 0.5) is 5.69 Å². The van der Waals surface area contributed by atoms with Crippen LogP contribution in [0.15, 0.2) is 53.4 Å². The smallest absolute Gasteiger partial charge is 0.0766 e. The third-order valence-electron chi connectivity index (χ3n) is 3.93. The summed E-state index contributed by atoms with van der Waals surface area (Å²) < 4.78 is 0. The summed E-state index contributed by atoms with van der Waals surface area (Å²) in [5.74, 6) is 1.06. The van der Waals surface area contributed by atoms with Crippen LogP contribution in [0.2, 0.25) is 0 Å². The number of hydrogen-bond donors (Lipinski definition) is 1. The molecule has 1 aliphatic heterocycles. The van der Waals surface area contributed by atoms with E-state index >= 15 is 0 Å². The van der Waals surface area contributed by atoms with Crippen molar-refractivity contribution in [3.05, 3.63) is 59.7 Å². The van der Waals surface area contributed by atoms with Gasteiger partial charge >= 0.3 is 0 Å². The number of nitrogens with one attached hydrogen (secondary N) is 1. The highest BCUT2D eigenvalue weighted by molar-refractivity contribution is 7.99. The van der Waals surface area contributed by atoms with E-state index in [0.717, 1.165) is 17.0 Å². The van der Waals surface area contributed by atoms with Crippen molar-refractivity contribution in [2.45, 2.75) is 30.2 Å². The molecule has 0 aromatic heterocycles. The van der Waals surface area contributed by atoms with Gasteiger partial charge in [-0.05, 0) is 43.2 Å². The van der Waals surface area contributed by atoms with Crippen LogP contribution in [-0.2, 0) is 5.41 Å². The number of benzene rings is 2. The summed E-state index contributed by atoms with van der Waals surface area (Å²) in [6.07, 6.45) is 0. The Balaban J connectivity index is 1.77. The second-order valence-electron chi connectivity index (χ2n) is 5.86. The van der Waals surface area contributed by atoms with Crippen LogP contribution < -0.4 is 5.32 Å². The lowest BCUT2D eigenvalue weighted by atomic mass is 9.86. The Morgan fingerprint density at radius 2 is 1.86 bits per heavy atom. The van der Waals surface area contributed by atoms with Gasteiger partial charge < -0.3 is 5.32 Å². The van der Waals surface area contributed by atoms with Gasteiger partial charge in [0.1, 0.15) is 0 Å². The summed E-state index contributed by atoms with van der Waals surface area (Å²) in [5, 5.41) is 12.8. The van der Waals surface area contributed by atoms with E-state index in [1.807, 2.05) is 37.7 Å². The van der Waals surface area contributed by atoms with Crippen molar-refractivity contribution in [3.63, 3.8) is 0 Å². The van der Waals surface area contributed by atoms with Gasteiger partial charge in [-0.3, -0.25) is 0 Å². The van der Waals surface area contributed by atoms with E-state index in [-0.39, 0.29) is 0 Å². The molecule has 1 heterocycles. The lowest BCUT2D eigenvalue weighted by Gasteiger charge is -2.18. The molecular weight excluding hydrogens is 276 g/mol. The van der Waals surface area contributed by atoms with Crippen LogP contribution >= 0.6 is 11.8 Å². The molecule has 1 atom stereocenters. The number of fused-ring (bicyclic) bond motifs is 1. The Morgan fingerprint density at radius 1 is 1.14 bits per heavy atom. The van der Waals surface area contributed by atoms with Crippen molar-refractivity contribution in [1.29, 1.82) is 5.26 Å². The molecule has 0 saturated carbocycles. The Labute approximate surface area is 130 Å². The Kier molecular flexibility index (Phi) is 3.65. The number of rotatable bonds is 3. The molecular formula is C18H18N2S. The predicted octanol–water partition coefficient (Wildman–Crippen LogP) is 4.75. The maximum Gasteiger partial charge on any atom is 0.0766 e. The summed E-state index contributed by atoms with van der Waals surface area (Å²) in [6, 6.07) is 19.5. The molecule has 0 bridgehead atoms. The predicted molar refractivity (Wildman–Crippen MR) is 88.6 cm³/mol. The minimum atomic E-state index is -0.436. The summed E-state index contributed by atoms with van der Waals surface area (Å²) >= 11 is 1.90. The molecule has 0 amide bonds. The molecule has 2 aromatic carbocycles. The number of nitriles is 1. The standard InChI is InChI=1S/C18H18N2S/c1-18(2,12-19)13-7-9-14(10-8-13)20-16-11-21-17-6-4-3-5-15(16)17/h3-10,16,20H,11H2,1-2H3. The third kappa shape index (κ3) is 2.77. The topological polar surface area (TPSA) is 35.8 Å². The van der Waals surface area contributed by atoms with E-state index in [4.69, 9.17) is 0 Å². The van der Waals surface area contributed by atoms with Crippen LogP contribution in [-0.4, -0.2) is 5.75 Å². The molecule has 0 fully saturated rings. The zero-order valence-corrected chi connectivity index (χ0v) is 13.1. The van der Waals surface area contributed by atoms with Crippen molar-refractivity contribution < 1.29 is 0 Å². The lowest BCUT2D eigenvalue weighted by Crippen LogP contribution is -2.14. The summed E-state index contributed by atoms with van der Waals surface area (Å²) in [4.78, 5) is 1.37. The zero-order chi connectivity index (χ0) is 14.9. The van der Waals surface area contributed by atoms with Gasteiger partial charge in [0, 0.05) is 16.3 Å². The molecule has 2 aromatic rings. The number of hydrogen-bond acceptors (Lipinski definition) is 3. The summed E-state index contributed by atoms with van der Waals surface area (Å²) in [6.45, 7) is 3.89. The van der Waals surface area contributed by atoms with Gasteiger partial charge in [-0.2, -0.15) is 5.26 Å². The van der Waals surface area contributed by atoms with Crippen LogP contribution in [0.1, 0.15) is 31.0 Å². The van der Waals surface area contributed by atoms with E-state index in [1.54, 1.807) is 0 Å². The van der Waals surface area contributed by atoms with Crippen LogP contribution in [0.3, 0.4) is 0 Å². The molecule has 21 heavy (non-hydrogen) atoms. The zero-order valence-electron chi connectivity index (χ0n) is 12.3. The minimum absolute atomic E-state index is 0.362. The number of nitrogens with zero attached hydrogens (tertiary/aromatic N) is 1. The van der Waals surface area contributed by atoms with Crippen molar-refractivity contribution in [2.75, 3.05) is 11.1 Å². The van der Waals surface area contributed by atoms with E-state index < -0.39 is 5.41 Å². The first-order chi connectivity index (χ1) is 10.1. The largest absolute Gasteiger partial charge is 0.377 e. The number of anilines is 1. The quantitative estimate of drug-likeness (QED) is 0.887. The van der Waals surface area contributed by atoms with Gasteiger partial charge in [-0.15, -0.1) is 11.8 Å². The van der Waals surface area contributed by atoms with Gasteiger partial charge in [0.05, 0.1) is 17.5 Å². The fraction of sp³-hybridized carbons (Fsp3) is 0.278. The van der Waals surface area contributed by atoms with Crippen LogP contribution in [0.5, 0.6) is 0 Å². The van der Waals surface area contributed by atoms with Gasteiger partial charge in [0.25, 0.3) is 0 Å². The van der Waals surface area contributed by atoms with E-state index in [9.17, 15) is 5.26 Å². The second-order valence-corrected chi connectivity index (χ2v) is 6.92. The SMILES string of the molecule is CC(C)(C#N)c1ccc(NC2CSc3ccccc32)cc1. The lowest BCUT2D eigenvalue weighted by molar-refractivity contribution is 0.687. The summed E-state index contributed by atoms with van der Waals surface area (Å²) in [7, 11) is 0. The monoisotopic (exact) mass is 294 g/mol. The van der Waals surface area contributed by atoms with E-state index in [1.165, 1.54) is 10.5 Å². The molecule has 3 heteroatoms. The minimum Gasteiger partial charge on any atom is -0.377 e. The van der Waals surface area contributed by atoms with Gasteiger partial charge in [0.15, 0.2) is 0 Å². The molecule has 0 radical (unpaired) electrons. The highest BCUT2D eigenvalue weighted by Gasteiger charge is 2.23. The molecule has 0 aliphatic carbocycles. The van der Waals surface area contributed by atoms with Gasteiger partial charge in [0.2, 0.25) is 0 Å². The maximum absolute atomic E-state index is 9.19. The van der Waals surface area contributed by atoms with Crippen molar-refractivity contribution in [1.82, 2.24) is 0 Å². The van der Waals surface area contributed by atoms with E-state index in [0.29, 0.717) is 6.04 Å². The number of thioether (sulfide) groups is 1. The molecule has 0 saturated heterocycles. The average molecular weight is 294 g/mol. The van der Waals surface area contributed by atoms with Crippen LogP contribution in [0, 0.1) is 11.3 Å². The Morgan fingerprint density at radius 3 is 2.57 bits per heavy atom. The Bertz CT molecular complexity index is 683. The third-order valence-corrected chi connectivity index (χ3v) is 5.11. The fourth-order valence-electron chi connectivity index (χ4n) is 2.53.